The van der Waals surface area contributed by atoms with Crippen LogP contribution in [0.1, 0.15) is 24.1 Å². The fraction of sp³-hybridized carbons (Fsp3) is 0.571. The number of nitrogens with zero attached hydrogens (tertiary/aromatic N) is 2. The maximum atomic E-state index is 14.2. The van der Waals surface area contributed by atoms with E-state index in [0.717, 1.165) is 5.56 Å². The average Bonchev–Trinajstić information content (AvgIpc) is 2.40. The standard InChI is InChI=1S/C14H19F2N3O2/c1-10-2-3-12(17-8-10)14(15,16)9-19-6-4-11(5-7-19)18-13(20)21/h2-3,8,11,18H,4-7,9H2,1H3,(H,20,21). The lowest BCUT2D eigenvalue weighted by molar-refractivity contribution is -0.0467. The Kier molecular flexibility index (Phi) is 4.72. The maximum Gasteiger partial charge on any atom is 0.404 e. The van der Waals surface area contributed by atoms with Crippen molar-refractivity contribution < 1.29 is 18.7 Å². The van der Waals surface area contributed by atoms with Crippen LogP contribution in [0.2, 0.25) is 0 Å². The Morgan fingerprint density at radius 1 is 1.48 bits per heavy atom. The van der Waals surface area contributed by atoms with Crippen molar-refractivity contribution in [2.24, 2.45) is 0 Å². The van der Waals surface area contributed by atoms with E-state index in [1.54, 1.807) is 17.9 Å². The van der Waals surface area contributed by atoms with E-state index in [0.29, 0.717) is 25.9 Å². The first-order valence-corrected chi connectivity index (χ1v) is 6.89. The van der Waals surface area contributed by atoms with Gasteiger partial charge in [0.05, 0.1) is 6.54 Å². The molecular weight excluding hydrogens is 280 g/mol. The van der Waals surface area contributed by atoms with Crippen LogP contribution in [-0.2, 0) is 5.92 Å². The number of halogens is 2. The van der Waals surface area contributed by atoms with E-state index < -0.39 is 12.0 Å². The zero-order chi connectivity index (χ0) is 15.5. The lowest BCUT2D eigenvalue weighted by Gasteiger charge is -2.33. The molecule has 2 N–H and O–H groups in total. The molecule has 0 bridgehead atoms. The molecule has 0 aliphatic carbocycles. The maximum absolute atomic E-state index is 14.2. The number of rotatable bonds is 4. The van der Waals surface area contributed by atoms with Crippen LogP contribution < -0.4 is 5.32 Å². The summed E-state index contributed by atoms with van der Waals surface area (Å²) >= 11 is 0. The molecule has 1 aromatic rings. The monoisotopic (exact) mass is 299 g/mol. The Morgan fingerprint density at radius 2 is 2.14 bits per heavy atom. The summed E-state index contributed by atoms with van der Waals surface area (Å²) < 4.78 is 28.3. The number of alkyl halides is 2. The topological polar surface area (TPSA) is 65.5 Å². The van der Waals surface area contributed by atoms with Gasteiger partial charge in [0.2, 0.25) is 0 Å². The summed E-state index contributed by atoms with van der Waals surface area (Å²) in [4.78, 5) is 16.0. The molecule has 21 heavy (non-hydrogen) atoms. The van der Waals surface area contributed by atoms with Gasteiger partial charge in [0, 0.05) is 25.3 Å². The Morgan fingerprint density at radius 3 is 2.67 bits per heavy atom. The summed E-state index contributed by atoms with van der Waals surface area (Å²) in [5.41, 5.74) is 0.619. The van der Waals surface area contributed by atoms with E-state index in [2.05, 4.69) is 10.3 Å². The number of likely N-dealkylation sites (tertiary alicyclic amines) is 1. The second-order valence-electron chi connectivity index (χ2n) is 5.43. The lowest BCUT2D eigenvalue weighted by Crippen LogP contribution is -2.47. The van der Waals surface area contributed by atoms with E-state index in [-0.39, 0.29) is 18.3 Å². The molecular formula is C14H19F2N3O2. The van der Waals surface area contributed by atoms with Gasteiger partial charge in [-0.2, -0.15) is 8.78 Å². The number of aromatic nitrogens is 1. The number of amides is 1. The largest absolute Gasteiger partial charge is 0.465 e. The molecule has 1 aliphatic rings. The highest BCUT2D eigenvalue weighted by molar-refractivity contribution is 5.64. The predicted octanol–water partition coefficient (Wildman–Crippen LogP) is 2.21. The molecule has 2 heterocycles. The fourth-order valence-electron chi connectivity index (χ4n) is 2.46. The van der Waals surface area contributed by atoms with Crippen LogP contribution in [0, 0.1) is 6.92 Å². The second-order valence-corrected chi connectivity index (χ2v) is 5.43. The molecule has 0 radical (unpaired) electrons. The second kappa shape index (κ2) is 6.34. The van der Waals surface area contributed by atoms with Gasteiger partial charge in [0.1, 0.15) is 5.69 Å². The fourth-order valence-corrected chi connectivity index (χ4v) is 2.46. The van der Waals surface area contributed by atoms with Crippen LogP contribution in [0.5, 0.6) is 0 Å². The summed E-state index contributed by atoms with van der Waals surface area (Å²) in [5, 5.41) is 11.0. The van der Waals surface area contributed by atoms with Gasteiger partial charge in [0.25, 0.3) is 0 Å². The third-order valence-corrected chi connectivity index (χ3v) is 3.62. The van der Waals surface area contributed by atoms with Crippen molar-refractivity contribution in [1.29, 1.82) is 0 Å². The quantitative estimate of drug-likeness (QED) is 0.894. The van der Waals surface area contributed by atoms with Gasteiger partial charge >= 0.3 is 12.0 Å². The summed E-state index contributed by atoms with van der Waals surface area (Å²) in [7, 11) is 0. The molecule has 0 saturated carbocycles. The van der Waals surface area contributed by atoms with Gasteiger partial charge in [-0.15, -0.1) is 0 Å². The lowest BCUT2D eigenvalue weighted by atomic mass is 10.0. The number of pyridine rings is 1. The summed E-state index contributed by atoms with van der Waals surface area (Å²) in [6, 6.07) is 2.83. The zero-order valence-corrected chi connectivity index (χ0v) is 11.9. The van der Waals surface area contributed by atoms with Gasteiger partial charge < -0.3 is 10.4 Å². The van der Waals surface area contributed by atoms with Crippen LogP contribution in [0.4, 0.5) is 13.6 Å². The van der Waals surface area contributed by atoms with Crippen molar-refractivity contribution in [3.05, 3.63) is 29.6 Å². The molecule has 5 nitrogen and oxygen atoms in total. The summed E-state index contributed by atoms with van der Waals surface area (Å²) in [6.07, 6.45) is 1.46. The normalized spacial score (nSPS) is 17.7. The van der Waals surface area contributed by atoms with E-state index in [1.165, 1.54) is 12.3 Å². The Hall–Kier alpha value is -1.76. The highest BCUT2D eigenvalue weighted by atomic mass is 19.3. The molecule has 0 aromatic carbocycles. The number of hydrogen-bond donors (Lipinski definition) is 2. The van der Waals surface area contributed by atoms with Crippen LogP contribution >= 0.6 is 0 Å². The Bertz CT molecular complexity index is 485. The third kappa shape index (κ3) is 4.35. The Balaban J connectivity index is 1.90. The third-order valence-electron chi connectivity index (χ3n) is 3.62. The zero-order valence-electron chi connectivity index (χ0n) is 11.9. The minimum absolute atomic E-state index is 0.148. The van der Waals surface area contributed by atoms with Gasteiger partial charge in [-0.3, -0.25) is 9.88 Å². The van der Waals surface area contributed by atoms with Crippen molar-refractivity contribution in [3.8, 4) is 0 Å². The average molecular weight is 299 g/mol. The minimum atomic E-state index is -3.00. The van der Waals surface area contributed by atoms with Crippen molar-refractivity contribution in [2.75, 3.05) is 19.6 Å². The smallest absolute Gasteiger partial charge is 0.404 e. The van der Waals surface area contributed by atoms with Crippen LogP contribution in [-0.4, -0.2) is 46.8 Å². The molecule has 1 amide bonds. The van der Waals surface area contributed by atoms with E-state index in [1.807, 2.05) is 0 Å². The summed E-state index contributed by atoms with van der Waals surface area (Å²) in [6.45, 7) is 2.32. The van der Waals surface area contributed by atoms with E-state index in [9.17, 15) is 13.6 Å². The predicted molar refractivity (Wildman–Crippen MR) is 73.5 cm³/mol. The highest BCUT2D eigenvalue weighted by Crippen LogP contribution is 2.28. The number of carbonyl (C=O) groups is 1. The summed E-state index contributed by atoms with van der Waals surface area (Å²) in [5.74, 6) is -3.00. The molecule has 0 atom stereocenters. The van der Waals surface area contributed by atoms with Crippen molar-refractivity contribution in [1.82, 2.24) is 15.2 Å². The molecule has 1 aliphatic heterocycles. The molecule has 7 heteroatoms. The highest BCUT2D eigenvalue weighted by Gasteiger charge is 2.36. The number of piperidine rings is 1. The van der Waals surface area contributed by atoms with Crippen LogP contribution in [0.3, 0.4) is 0 Å². The number of aryl methyl sites for hydroxylation is 1. The first-order valence-electron chi connectivity index (χ1n) is 6.89. The SMILES string of the molecule is Cc1ccc(C(F)(F)CN2CCC(NC(=O)O)CC2)nc1. The van der Waals surface area contributed by atoms with Gasteiger partial charge in [-0.1, -0.05) is 6.07 Å². The first kappa shape index (κ1) is 15.6. The molecule has 116 valence electrons. The van der Waals surface area contributed by atoms with Gasteiger partial charge in [-0.05, 0) is 31.4 Å². The van der Waals surface area contributed by atoms with Crippen LogP contribution in [0.25, 0.3) is 0 Å². The van der Waals surface area contributed by atoms with Crippen molar-refractivity contribution >= 4 is 6.09 Å². The number of hydrogen-bond acceptors (Lipinski definition) is 3. The minimum Gasteiger partial charge on any atom is -0.465 e. The molecule has 1 aromatic heterocycles. The Labute approximate surface area is 122 Å². The van der Waals surface area contributed by atoms with Crippen LogP contribution in [0.15, 0.2) is 18.3 Å². The van der Waals surface area contributed by atoms with E-state index in [4.69, 9.17) is 5.11 Å². The molecule has 0 unspecified atom stereocenters. The van der Waals surface area contributed by atoms with Crippen molar-refractivity contribution in [2.45, 2.75) is 31.7 Å². The molecule has 1 saturated heterocycles. The van der Waals surface area contributed by atoms with E-state index >= 15 is 0 Å². The molecule has 0 spiro atoms. The van der Waals surface area contributed by atoms with Gasteiger partial charge in [-0.25, -0.2) is 4.79 Å². The van der Waals surface area contributed by atoms with Crippen molar-refractivity contribution in [3.63, 3.8) is 0 Å². The number of carboxylic acid groups (broad SMARTS) is 1. The van der Waals surface area contributed by atoms with Gasteiger partial charge in [0.15, 0.2) is 0 Å². The number of nitrogens with one attached hydrogen (secondary N) is 1. The molecule has 1 fully saturated rings. The molecule has 2 rings (SSSR count). The first-order chi connectivity index (χ1) is 9.87.